The molecule has 3 aromatic rings. The van der Waals surface area contributed by atoms with Crippen molar-refractivity contribution < 1.29 is 13.9 Å². The molecule has 2 aromatic heterocycles. The van der Waals surface area contributed by atoms with Gasteiger partial charge in [-0.3, -0.25) is 9.88 Å². The number of thioether (sulfide) groups is 3. The lowest BCUT2D eigenvalue weighted by Crippen LogP contribution is -2.35. The van der Waals surface area contributed by atoms with E-state index in [9.17, 15) is 20.6 Å². The number of carbonyl (C=O) groups is 1. The van der Waals surface area contributed by atoms with Crippen LogP contribution < -0.4 is 4.90 Å². The first-order chi connectivity index (χ1) is 26.9. The molecule has 1 amide bonds. The van der Waals surface area contributed by atoms with Gasteiger partial charge < -0.3 is 4.74 Å². The molecule has 7 fully saturated rings. The number of cyclic esters (lactones) is 1. The van der Waals surface area contributed by atoms with E-state index in [1.807, 2.05) is 41.4 Å². The molecule has 3 aliphatic carbocycles. The highest BCUT2D eigenvalue weighted by molar-refractivity contribution is 8.00. The lowest BCUT2D eigenvalue weighted by atomic mass is 9.66. The Kier molecular flexibility index (Phi) is 8.70. The number of nitriles is 3. The first-order valence-electron chi connectivity index (χ1n) is 19.4. The van der Waals surface area contributed by atoms with E-state index in [4.69, 9.17) is 9.72 Å². The molecule has 10 nitrogen and oxygen atoms in total. The Hall–Kier alpha value is -3.77. The summed E-state index contributed by atoms with van der Waals surface area (Å²) in [5.41, 5.74) is 2.37. The number of pyridine rings is 1. The molecule has 14 heteroatoms. The number of amides is 1. The minimum absolute atomic E-state index is 0.0259. The molecular formula is C41H41FN8O2S3. The summed E-state index contributed by atoms with van der Waals surface area (Å²) in [6.07, 6.45) is 8.28. The summed E-state index contributed by atoms with van der Waals surface area (Å²) in [6, 6.07) is 16.9. The smallest absolute Gasteiger partial charge is 0.414 e. The van der Waals surface area contributed by atoms with E-state index in [-0.39, 0.29) is 52.4 Å². The summed E-state index contributed by atoms with van der Waals surface area (Å²) >= 11 is 5.91. The van der Waals surface area contributed by atoms with Gasteiger partial charge in [-0.15, -0.1) is 5.10 Å². The number of fused-ring (bicyclic) bond motifs is 3. The minimum Gasteiger partial charge on any atom is -0.442 e. The fourth-order valence-electron chi connectivity index (χ4n) is 11.7. The van der Waals surface area contributed by atoms with Crippen LogP contribution in [0.25, 0.3) is 11.1 Å². The average molecular weight is 793 g/mol. The highest BCUT2D eigenvalue weighted by Gasteiger charge is 2.78. The fraction of sp³-hybridized carbons (Fsp3) is 0.585. The summed E-state index contributed by atoms with van der Waals surface area (Å²) < 4.78 is 23.0. The standard InChI is InChI=1S/C41H41FN8O2S3/c42-35-11-25(50-17-26(52-38(50)51)16-49-10-9-47-48-49)5-6-27(35)24-4-7-36(46-15-24)37(41-23-55-20-34(41)31(41)14-45)28(40-22-54-19-33(40)30(40)13-44)3-1-2-8-39-21-53-18-32(39)29(39)12-43/h4-7,9-11,15,26,28-34,37H,1-3,8,16-23H2/t26-,28?,29?,30?,31?,32?,33?,34?,37?,39?,40?,41?/m0/s1. The number of halogens is 1. The molecule has 10 rings (SSSR count). The second-order valence-corrected chi connectivity index (χ2v) is 19.9. The number of aromatic nitrogens is 4. The molecule has 6 heterocycles. The Labute approximate surface area is 332 Å². The van der Waals surface area contributed by atoms with Crippen LogP contribution in [0.5, 0.6) is 0 Å². The molecule has 1 aromatic carbocycles. The van der Waals surface area contributed by atoms with Gasteiger partial charge in [0.25, 0.3) is 0 Å². The number of anilines is 1. The van der Waals surface area contributed by atoms with E-state index < -0.39 is 18.0 Å². The molecular weight excluding hydrogens is 752 g/mol. The van der Waals surface area contributed by atoms with Gasteiger partial charge in [0, 0.05) is 68.6 Å². The van der Waals surface area contributed by atoms with Gasteiger partial charge >= 0.3 is 6.09 Å². The van der Waals surface area contributed by atoms with Crippen LogP contribution in [0.4, 0.5) is 14.9 Å². The number of nitrogens with zero attached hydrogens (tertiary/aromatic N) is 8. The number of benzene rings is 1. The fourth-order valence-corrected chi connectivity index (χ4v) is 17.2. The number of carbonyl (C=O) groups excluding carboxylic acids is 1. The molecule has 12 atom stereocenters. The van der Waals surface area contributed by atoms with Gasteiger partial charge in [-0.2, -0.15) is 51.1 Å². The molecule has 0 N–H and O–H groups in total. The van der Waals surface area contributed by atoms with Crippen LogP contribution in [0.3, 0.4) is 0 Å². The van der Waals surface area contributed by atoms with E-state index >= 15 is 4.39 Å². The topological polar surface area (TPSA) is 145 Å². The van der Waals surface area contributed by atoms with Crippen LogP contribution in [0.1, 0.15) is 37.3 Å². The Morgan fingerprint density at radius 1 is 0.927 bits per heavy atom. The number of hydrogen-bond donors (Lipinski definition) is 0. The van der Waals surface area contributed by atoms with Gasteiger partial charge in [0.2, 0.25) is 0 Å². The molecule has 3 saturated carbocycles. The van der Waals surface area contributed by atoms with Crippen molar-refractivity contribution >= 4 is 47.1 Å². The van der Waals surface area contributed by atoms with E-state index in [0.29, 0.717) is 41.1 Å². The van der Waals surface area contributed by atoms with Gasteiger partial charge in [0.1, 0.15) is 11.9 Å². The zero-order chi connectivity index (χ0) is 37.5. The molecule has 7 aliphatic rings. The highest BCUT2D eigenvalue weighted by Crippen LogP contribution is 2.79. The van der Waals surface area contributed by atoms with E-state index in [2.05, 4.69) is 34.6 Å². The number of unbranched alkanes of at least 4 members (excludes halogenated alkanes) is 1. The normalized spacial score (nSPS) is 37.2. The van der Waals surface area contributed by atoms with Crippen LogP contribution in [-0.4, -0.2) is 73.2 Å². The predicted octanol–water partition coefficient (Wildman–Crippen LogP) is 7.27. The Bertz CT molecular complexity index is 2140. The Morgan fingerprint density at radius 3 is 2.35 bits per heavy atom. The van der Waals surface area contributed by atoms with Crippen LogP contribution in [0, 0.1) is 97.5 Å². The third kappa shape index (κ3) is 5.39. The van der Waals surface area contributed by atoms with Crippen LogP contribution in [0.2, 0.25) is 0 Å². The second-order valence-electron chi connectivity index (χ2n) is 16.9. The average Bonchev–Trinajstić information content (AvgIpc) is 3.67. The maximum atomic E-state index is 15.9. The minimum atomic E-state index is -0.528. The van der Waals surface area contributed by atoms with Crippen molar-refractivity contribution in [3.63, 3.8) is 0 Å². The van der Waals surface area contributed by atoms with Crippen molar-refractivity contribution in [2.45, 2.75) is 44.2 Å². The highest BCUT2D eigenvalue weighted by atomic mass is 32.2. The second kappa shape index (κ2) is 13.4. The van der Waals surface area contributed by atoms with Crippen molar-refractivity contribution in [3.8, 4) is 29.3 Å². The molecule has 282 valence electrons. The molecule has 55 heavy (non-hydrogen) atoms. The summed E-state index contributed by atoms with van der Waals surface area (Å²) in [4.78, 5) is 19.3. The van der Waals surface area contributed by atoms with Crippen molar-refractivity contribution in [1.29, 1.82) is 15.8 Å². The molecule has 0 bridgehead atoms. The zero-order valence-corrected chi connectivity index (χ0v) is 32.7. The monoisotopic (exact) mass is 792 g/mol. The first kappa shape index (κ1) is 35.6. The van der Waals surface area contributed by atoms with Gasteiger partial charge in [0.15, 0.2) is 0 Å². The summed E-state index contributed by atoms with van der Waals surface area (Å²) in [5, 5.41) is 38.5. The van der Waals surface area contributed by atoms with Crippen LogP contribution >= 0.6 is 35.3 Å². The molecule has 0 spiro atoms. The van der Waals surface area contributed by atoms with Gasteiger partial charge in [0.05, 0.1) is 60.9 Å². The first-order valence-corrected chi connectivity index (χ1v) is 22.9. The van der Waals surface area contributed by atoms with Crippen molar-refractivity contribution in [3.05, 3.63) is 60.4 Å². The largest absolute Gasteiger partial charge is 0.442 e. The van der Waals surface area contributed by atoms with E-state index in [1.165, 1.54) is 11.0 Å². The SMILES string of the molecule is N#CC1C2CSCC12CCCCC(C(c1ccc(-c2ccc(N3C[C@H](Cn4ccnn4)OC3=O)cc2F)cn1)C12CSCC1C2C#N)C12CSCC1C2C#N. The number of rotatable bonds is 13. The number of hydrogen-bond acceptors (Lipinski definition) is 11. The van der Waals surface area contributed by atoms with Crippen molar-refractivity contribution in [2.24, 2.45) is 57.7 Å². The van der Waals surface area contributed by atoms with E-state index in [0.717, 1.165) is 65.9 Å². The lowest BCUT2D eigenvalue weighted by molar-refractivity contribution is 0.129. The summed E-state index contributed by atoms with van der Waals surface area (Å²) in [5.74, 6) is 7.35. The molecule has 4 saturated heterocycles. The van der Waals surface area contributed by atoms with Gasteiger partial charge in [-0.1, -0.05) is 24.1 Å². The van der Waals surface area contributed by atoms with Gasteiger partial charge in [-0.05, 0) is 78.0 Å². The third-order valence-corrected chi connectivity index (χ3v) is 18.6. The van der Waals surface area contributed by atoms with Crippen molar-refractivity contribution in [2.75, 3.05) is 46.0 Å². The predicted molar refractivity (Wildman–Crippen MR) is 209 cm³/mol. The third-order valence-electron chi connectivity index (χ3n) is 14.7. The maximum Gasteiger partial charge on any atom is 0.414 e. The Morgan fingerprint density at radius 2 is 1.67 bits per heavy atom. The number of ether oxygens (including phenoxy) is 1. The van der Waals surface area contributed by atoms with Crippen molar-refractivity contribution in [1.82, 2.24) is 20.0 Å². The van der Waals surface area contributed by atoms with Crippen LogP contribution in [-0.2, 0) is 11.3 Å². The lowest BCUT2D eigenvalue weighted by Gasteiger charge is -2.39. The quantitative estimate of drug-likeness (QED) is 0.161. The molecule has 4 aliphatic heterocycles. The maximum absolute atomic E-state index is 15.9. The Balaban J connectivity index is 0.929. The molecule has 11 unspecified atom stereocenters. The van der Waals surface area contributed by atoms with Gasteiger partial charge in [-0.25, -0.2) is 13.9 Å². The summed E-state index contributed by atoms with van der Waals surface area (Å²) in [6.45, 7) is 0.634. The zero-order valence-electron chi connectivity index (χ0n) is 30.3. The van der Waals surface area contributed by atoms with Crippen LogP contribution in [0.15, 0.2) is 48.9 Å². The summed E-state index contributed by atoms with van der Waals surface area (Å²) in [7, 11) is 0. The van der Waals surface area contributed by atoms with E-state index in [1.54, 1.807) is 35.4 Å². The molecule has 0 radical (unpaired) electrons.